The summed E-state index contributed by atoms with van der Waals surface area (Å²) in [6.45, 7) is 1.31. The van der Waals surface area contributed by atoms with Crippen molar-refractivity contribution >= 4 is 17.4 Å². The van der Waals surface area contributed by atoms with E-state index >= 15 is 0 Å². The van der Waals surface area contributed by atoms with Crippen LogP contribution in [0.15, 0.2) is 24.3 Å². The maximum atomic E-state index is 10.4. The molecule has 0 bridgehead atoms. The minimum atomic E-state index is -0.339. The molecule has 1 unspecified atom stereocenters. The molecule has 1 aromatic carbocycles. The number of nitrogens with one attached hydrogen (secondary N) is 2. The van der Waals surface area contributed by atoms with Gasteiger partial charge in [-0.25, -0.2) is 0 Å². The van der Waals surface area contributed by atoms with Crippen LogP contribution in [0.2, 0.25) is 0 Å². The number of para-hydroxylation sites is 1. The number of aromatic amines is 1. The third kappa shape index (κ3) is 1.31. The fourth-order valence-corrected chi connectivity index (χ4v) is 2.32. The van der Waals surface area contributed by atoms with Crippen molar-refractivity contribution in [2.45, 2.75) is 12.6 Å². The van der Waals surface area contributed by atoms with Gasteiger partial charge in [0.1, 0.15) is 0 Å². The van der Waals surface area contributed by atoms with Crippen LogP contribution in [0.5, 0.6) is 0 Å². The van der Waals surface area contributed by atoms with Crippen molar-refractivity contribution in [1.29, 1.82) is 0 Å². The van der Waals surface area contributed by atoms with Crippen LogP contribution >= 0.6 is 0 Å². The minimum absolute atomic E-state index is 0.339. The van der Waals surface area contributed by atoms with E-state index in [9.17, 15) is 4.79 Å². The molecule has 2 aromatic rings. The predicted molar refractivity (Wildman–Crippen MR) is 59.9 cm³/mol. The molecule has 3 rings (SSSR count). The average molecular weight is 216 g/mol. The molecule has 16 heavy (non-hydrogen) atoms. The Morgan fingerprint density at radius 1 is 1.38 bits per heavy atom. The van der Waals surface area contributed by atoms with E-state index < -0.39 is 0 Å². The molecule has 1 aliphatic heterocycles. The first-order valence-corrected chi connectivity index (χ1v) is 5.32. The van der Waals surface area contributed by atoms with Gasteiger partial charge in [0.2, 0.25) is 0 Å². The second kappa shape index (κ2) is 3.64. The van der Waals surface area contributed by atoms with Gasteiger partial charge in [-0.15, -0.1) is 0 Å². The summed E-state index contributed by atoms with van der Waals surface area (Å²) >= 11 is 0. The number of fused-ring (bicyclic) bond motifs is 3. The second-order valence-electron chi connectivity index (χ2n) is 3.88. The first kappa shape index (κ1) is 9.42. The van der Waals surface area contributed by atoms with Crippen molar-refractivity contribution in [3.8, 4) is 0 Å². The number of carbonyl (C=O) groups is 1. The number of hydrogen-bond donors (Lipinski definition) is 2. The molecule has 4 nitrogen and oxygen atoms in total. The lowest BCUT2D eigenvalue weighted by molar-refractivity contribution is -0.135. The number of aromatic nitrogens is 1. The highest BCUT2D eigenvalue weighted by molar-refractivity contribution is 5.85. The molecule has 2 heterocycles. The summed E-state index contributed by atoms with van der Waals surface area (Å²) in [6.07, 6.45) is 0.617. The fourth-order valence-electron chi connectivity index (χ4n) is 2.32. The SMILES string of the molecule is O=COC1NCCc2c1[nH]c1ccccc21. The predicted octanol–water partition coefficient (Wildman–Crippen LogP) is 1.49. The summed E-state index contributed by atoms with van der Waals surface area (Å²) in [7, 11) is 0. The Balaban J connectivity index is 2.17. The zero-order valence-corrected chi connectivity index (χ0v) is 8.69. The molecule has 2 N–H and O–H groups in total. The Morgan fingerprint density at radius 3 is 3.12 bits per heavy atom. The lowest BCUT2D eigenvalue weighted by Gasteiger charge is -2.22. The molecular formula is C12H12N2O2. The van der Waals surface area contributed by atoms with Gasteiger partial charge in [0.25, 0.3) is 6.47 Å². The summed E-state index contributed by atoms with van der Waals surface area (Å²) in [5.41, 5.74) is 3.32. The molecule has 0 aliphatic carbocycles. The van der Waals surface area contributed by atoms with Crippen molar-refractivity contribution < 1.29 is 9.53 Å². The monoisotopic (exact) mass is 216 g/mol. The molecule has 1 atom stereocenters. The molecule has 0 amide bonds. The quantitative estimate of drug-likeness (QED) is 0.748. The van der Waals surface area contributed by atoms with Gasteiger partial charge in [0, 0.05) is 17.4 Å². The fraction of sp³-hybridized carbons (Fsp3) is 0.250. The smallest absolute Gasteiger partial charge is 0.294 e. The van der Waals surface area contributed by atoms with E-state index in [0.29, 0.717) is 6.47 Å². The zero-order valence-electron chi connectivity index (χ0n) is 8.69. The highest BCUT2D eigenvalue weighted by Crippen LogP contribution is 2.29. The Kier molecular flexibility index (Phi) is 2.15. The van der Waals surface area contributed by atoms with Crippen molar-refractivity contribution in [3.63, 3.8) is 0 Å². The Morgan fingerprint density at radius 2 is 2.25 bits per heavy atom. The first-order chi connectivity index (χ1) is 7.90. The summed E-state index contributed by atoms with van der Waals surface area (Å²) in [5.74, 6) is 0. The van der Waals surface area contributed by atoms with Gasteiger partial charge < -0.3 is 9.72 Å². The highest BCUT2D eigenvalue weighted by Gasteiger charge is 2.24. The van der Waals surface area contributed by atoms with E-state index in [1.54, 1.807) is 0 Å². The number of carbonyl (C=O) groups excluding carboxylic acids is 1. The third-order valence-corrected chi connectivity index (χ3v) is 3.01. The summed E-state index contributed by atoms with van der Waals surface area (Å²) in [6, 6.07) is 8.14. The lowest BCUT2D eigenvalue weighted by Crippen LogP contribution is -2.31. The zero-order chi connectivity index (χ0) is 11.0. The van der Waals surface area contributed by atoms with Crippen molar-refractivity contribution in [3.05, 3.63) is 35.5 Å². The van der Waals surface area contributed by atoms with Crippen LogP contribution in [-0.2, 0) is 16.0 Å². The van der Waals surface area contributed by atoms with E-state index in [1.807, 2.05) is 18.2 Å². The maximum absolute atomic E-state index is 10.4. The minimum Gasteiger partial charge on any atom is -0.443 e. The lowest BCUT2D eigenvalue weighted by atomic mass is 10.0. The molecule has 82 valence electrons. The van der Waals surface area contributed by atoms with Gasteiger partial charge in [-0.2, -0.15) is 0 Å². The maximum Gasteiger partial charge on any atom is 0.294 e. The Bertz CT molecular complexity index is 533. The number of rotatable bonds is 2. The van der Waals surface area contributed by atoms with Crippen LogP contribution in [0, 0.1) is 0 Å². The van der Waals surface area contributed by atoms with Crippen molar-refractivity contribution in [2.75, 3.05) is 6.54 Å². The van der Waals surface area contributed by atoms with E-state index in [-0.39, 0.29) is 6.23 Å². The molecule has 0 radical (unpaired) electrons. The van der Waals surface area contributed by atoms with E-state index in [0.717, 1.165) is 24.2 Å². The molecular weight excluding hydrogens is 204 g/mol. The molecule has 1 aliphatic rings. The van der Waals surface area contributed by atoms with Crippen LogP contribution in [0.1, 0.15) is 17.5 Å². The van der Waals surface area contributed by atoms with Crippen LogP contribution in [0.3, 0.4) is 0 Å². The van der Waals surface area contributed by atoms with Gasteiger partial charge in [-0.1, -0.05) is 18.2 Å². The number of benzene rings is 1. The van der Waals surface area contributed by atoms with Crippen LogP contribution in [0.25, 0.3) is 10.9 Å². The van der Waals surface area contributed by atoms with E-state index in [2.05, 4.69) is 16.4 Å². The van der Waals surface area contributed by atoms with Crippen molar-refractivity contribution in [1.82, 2.24) is 10.3 Å². The summed E-state index contributed by atoms with van der Waals surface area (Å²) < 4.78 is 5.02. The Labute approximate surface area is 92.6 Å². The van der Waals surface area contributed by atoms with Crippen LogP contribution < -0.4 is 5.32 Å². The van der Waals surface area contributed by atoms with Crippen molar-refractivity contribution in [2.24, 2.45) is 0 Å². The summed E-state index contributed by atoms with van der Waals surface area (Å²) in [5, 5.41) is 4.37. The topological polar surface area (TPSA) is 54.1 Å². The van der Waals surface area contributed by atoms with Gasteiger partial charge in [0.15, 0.2) is 6.23 Å². The number of ether oxygens (including phenoxy) is 1. The van der Waals surface area contributed by atoms with Gasteiger partial charge in [0.05, 0.1) is 5.69 Å². The molecule has 1 aromatic heterocycles. The average Bonchev–Trinajstić information content (AvgIpc) is 2.69. The highest BCUT2D eigenvalue weighted by atomic mass is 16.5. The van der Waals surface area contributed by atoms with E-state index in [1.165, 1.54) is 10.9 Å². The van der Waals surface area contributed by atoms with Gasteiger partial charge in [-0.05, 0) is 18.1 Å². The molecule has 4 heteroatoms. The van der Waals surface area contributed by atoms with Crippen LogP contribution in [0.4, 0.5) is 0 Å². The molecule has 0 saturated heterocycles. The van der Waals surface area contributed by atoms with Gasteiger partial charge >= 0.3 is 0 Å². The number of hydrogen-bond acceptors (Lipinski definition) is 3. The first-order valence-electron chi connectivity index (χ1n) is 5.32. The molecule has 0 spiro atoms. The van der Waals surface area contributed by atoms with E-state index in [4.69, 9.17) is 4.74 Å². The Hall–Kier alpha value is -1.81. The largest absolute Gasteiger partial charge is 0.443 e. The summed E-state index contributed by atoms with van der Waals surface area (Å²) in [4.78, 5) is 13.7. The van der Waals surface area contributed by atoms with Crippen LogP contribution in [-0.4, -0.2) is 18.0 Å². The third-order valence-electron chi connectivity index (χ3n) is 3.01. The molecule has 0 fully saturated rings. The van der Waals surface area contributed by atoms with Gasteiger partial charge in [-0.3, -0.25) is 10.1 Å². The standard InChI is InChI=1S/C12H12N2O2/c15-7-16-12-11-9(5-6-13-12)8-3-1-2-4-10(8)14-11/h1-4,7,12-14H,5-6H2. The molecule has 0 saturated carbocycles. The number of H-pyrrole nitrogens is 1. The second-order valence-corrected chi connectivity index (χ2v) is 3.88. The normalized spacial score (nSPS) is 19.4.